The smallest absolute Gasteiger partial charge is 0.0930 e. The lowest BCUT2D eigenvalue weighted by Gasteiger charge is -2.58. The van der Waals surface area contributed by atoms with Crippen molar-refractivity contribution in [1.82, 2.24) is 0 Å². The first-order valence-corrected chi connectivity index (χ1v) is 22.4. The van der Waals surface area contributed by atoms with Crippen LogP contribution in [0, 0.1) is 46.3 Å². The van der Waals surface area contributed by atoms with Gasteiger partial charge in [-0.2, -0.15) is 0 Å². The number of ether oxygens (including phenoxy) is 2. The van der Waals surface area contributed by atoms with Crippen molar-refractivity contribution in [3.05, 3.63) is 11.6 Å². The van der Waals surface area contributed by atoms with Gasteiger partial charge in [0, 0.05) is 13.2 Å². The van der Waals surface area contributed by atoms with Gasteiger partial charge in [-0.3, -0.25) is 0 Å². The van der Waals surface area contributed by atoms with Crippen LogP contribution in [0.2, 0.25) is 0 Å². The maximum Gasteiger partial charge on any atom is 0.0930 e. The third kappa shape index (κ3) is 11.8. The highest BCUT2D eigenvalue weighted by atomic mass is 16.5. The standard InChI is InChI=1S/C46H85NO2/c1-7-8-9-10-11-12-13-14-15-16-17-18-19-20-32-48-40(34-47)35-49-39-28-30-45(5)38(33-39)24-25-41-43-27-26-42(37(4)23-21-22-36(2)3)46(43,6)31-29-44(41)45/h24,36-37,39-44H,7-23,25-35,47H2,1-6H3/t37-,39?,40?,41?,42-,43?,44?,45+,46-/m1/s1. The van der Waals surface area contributed by atoms with Gasteiger partial charge in [0.2, 0.25) is 0 Å². The van der Waals surface area contributed by atoms with Gasteiger partial charge in [-0.15, -0.1) is 0 Å². The molecule has 0 saturated heterocycles. The van der Waals surface area contributed by atoms with Gasteiger partial charge in [0.25, 0.3) is 0 Å². The van der Waals surface area contributed by atoms with Crippen molar-refractivity contribution >= 4 is 0 Å². The number of nitrogens with two attached hydrogens (primary N) is 1. The van der Waals surface area contributed by atoms with Crippen LogP contribution in [0.5, 0.6) is 0 Å². The average molecular weight is 684 g/mol. The van der Waals surface area contributed by atoms with Gasteiger partial charge in [0.15, 0.2) is 0 Å². The average Bonchev–Trinajstić information content (AvgIpc) is 3.45. The molecular formula is C46H85NO2. The lowest BCUT2D eigenvalue weighted by atomic mass is 9.47. The fourth-order valence-corrected chi connectivity index (χ4v) is 11.8. The molecule has 4 rings (SSSR count). The summed E-state index contributed by atoms with van der Waals surface area (Å²) in [6, 6.07) is 0. The zero-order valence-electron chi connectivity index (χ0n) is 33.9. The molecule has 0 amide bonds. The molecule has 286 valence electrons. The monoisotopic (exact) mass is 684 g/mol. The second-order valence-electron chi connectivity index (χ2n) is 18.8. The minimum absolute atomic E-state index is 0.0408. The summed E-state index contributed by atoms with van der Waals surface area (Å²) >= 11 is 0. The van der Waals surface area contributed by atoms with Gasteiger partial charge >= 0.3 is 0 Å². The van der Waals surface area contributed by atoms with E-state index in [1.54, 1.807) is 5.57 Å². The molecule has 9 atom stereocenters. The number of hydrogen-bond acceptors (Lipinski definition) is 3. The highest BCUT2D eigenvalue weighted by molar-refractivity contribution is 5.25. The molecule has 3 nitrogen and oxygen atoms in total. The van der Waals surface area contributed by atoms with Crippen LogP contribution >= 0.6 is 0 Å². The molecule has 0 heterocycles. The van der Waals surface area contributed by atoms with Crippen molar-refractivity contribution < 1.29 is 9.47 Å². The van der Waals surface area contributed by atoms with E-state index in [4.69, 9.17) is 15.2 Å². The van der Waals surface area contributed by atoms with Crippen molar-refractivity contribution in [2.75, 3.05) is 19.8 Å². The molecule has 49 heavy (non-hydrogen) atoms. The Morgan fingerprint density at radius 2 is 1.41 bits per heavy atom. The Morgan fingerprint density at radius 1 is 0.755 bits per heavy atom. The maximum atomic E-state index is 6.57. The Hall–Kier alpha value is -0.380. The quantitative estimate of drug-likeness (QED) is 0.0769. The van der Waals surface area contributed by atoms with Crippen LogP contribution in [0.25, 0.3) is 0 Å². The van der Waals surface area contributed by atoms with Gasteiger partial charge < -0.3 is 15.2 Å². The second-order valence-corrected chi connectivity index (χ2v) is 18.8. The van der Waals surface area contributed by atoms with Crippen molar-refractivity contribution in [3.63, 3.8) is 0 Å². The van der Waals surface area contributed by atoms with E-state index in [2.05, 4.69) is 47.6 Å². The predicted molar refractivity (Wildman–Crippen MR) is 212 cm³/mol. The van der Waals surface area contributed by atoms with Crippen LogP contribution in [0.1, 0.15) is 202 Å². The number of unbranched alkanes of at least 4 members (excludes halogenated alkanes) is 13. The zero-order chi connectivity index (χ0) is 35.1. The Morgan fingerprint density at radius 3 is 2.04 bits per heavy atom. The Labute approximate surface area is 306 Å². The van der Waals surface area contributed by atoms with E-state index in [9.17, 15) is 0 Å². The molecule has 0 aromatic rings. The van der Waals surface area contributed by atoms with Gasteiger partial charge in [-0.25, -0.2) is 0 Å². The molecular weight excluding hydrogens is 599 g/mol. The molecule has 0 bridgehead atoms. The molecule has 3 saturated carbocycles. The molecule has 0 aromatic carbocycles. The Bertz CT molecular complexity index is 930. The number of fused-ring (bicyclic) bond motifs is 5. The summed E-state index contributed by atoms with van der Waals surface area (Å²) in [6.45, 7) is 17.1. The van der Waals surface area contributed by atoms with Crippen LogP contribution in [-0.4, -0.2) is 32.0 Å². The summed E-state index contributed by atoms with van der Waals surface area (Å²) in [4.78, 5) is 0. The topological polar surface area (TPSA) is 44.5 Å². The molecule has 3 fully saturated rings. The minimum Gasteiger partial charge on any atom is -0.375 e. The fraction of sp³-hybridized carbons (Fsp3) is 0.957. The zero-order valence-corrected chi connectivity index (χ0v) is 33.9. The normalized spacial score (nSPS) is 32.4. The fourth-order valence-electron chi connectivity index (χ4n) is 11.8. The third-order valence-corrected chi connectivity index (χ3v) is 14.9. The van der Waals surface area contributed by atoms with E-state index in [0.29, 0.717) is 30.1 Å². The second kappa shape index (κ2) is 21.4. The molecule has 0 aromatic heterocycles. The van der Waals surface area contributed by atoms with E-state index in [1.165, 1.54) is 148 Å². The van der Waals surface area contributed by atoms with E-state index < -0.39 is 0 Å². The van der Waals surface area contributed by atoms with Gasteiger partial charge in [0.05, 0.1) is 18.8 Å². The highest BCUT2D eigenvalue weighted by Gasteiger charge is 2.59. The lowest BCUT2D eigenvalue weighted by Crippen LogP contribution is -2.51. The van der Waals surface area contributed by atoms with Crippen molar-refractivity contribution in [1.29, 1.82) is 0 Å². The summed E-state index contributed by atoms with van der Waals surface area (Å²) in [5, 5.41) is 0. The molecule has 2 N–H and O–H groups in total. The number of rotatable bonds is 25. The van der Waals surface area contributed by atoms with Gasteiger partial charge in [-0.1, -0.05) is 156 Å². The molecule has 0 spiro atoms. The Balaban J connectivity index is 1.10. The van der Waals surface area contributed by atoms with Crippen LogP contribution < -0.4 is 5.73 Å². The van der Waals surface area contributed by atoms with Crippen molar-refractivity contribution in [3.8, 4) is 0 Å². The lowest BCUT2D eigenvalue weighted by molar-refractivity contribution is -0.0777. The number of hydrogen-bond donors (Lipinski definition) is 1. The molecule has 4 aliphatic rings. The summed E-state index contributed by atoms with van der Waals surface area (Å²) in [5.74, 6) is 5.41. The summed E-state index contributed by atoms with van der Waals surface area (Å²) in [6.07, 6.45) is 37.7. The molecule has 0 radical (unpaired) electrons. The summed E-state index contributed by atoms with van der Waals surface area (Å²) < 4.78 is 12.8. The SMILES string of the molecule is CCCCCCCCCCCCCCCCOC(CN)COC1CC[C@@]2(C)C(=CCC3C2CC[C@@]2(C)C3CC[C@@H]2[C@H](C)CCCC(C)C)C1. The van der Waals surface area contributed by atoms with E-state index in [-0.39, 0.29) is 6.10 Å². The first-order chi connectivity index (χ1) is 23.7. The first kappa shape index (κ1) is 41.4. The van der Waals surface area contributed by atoms with Crippen LogP contribution in [-0.2, 0) is 9.47 Å². The number of allylic oxidation sites excluding steroid dienone is 1. The van der Waals surface area contributed by atoms with E-state index in [1.807, 2.05) is 0 Å². The van der Waals surface area contributed by atoms with Crippen LogP contribution in [0.4, 0.5) is 0 Å². The van der Waals surface area contributed by atoms with E-state index in [0.717, 1.165) is 55.0 Å². The predicted octanol–water partition coefficient (Wildman–Crippen LogP) is 13.2. The minimum atomic E-state index is 0.0408. The van der Waals surface area contributed by atoms with Gasteiger partial charge in [0.1, 0.15) is 0 Å². The molecule has 5 unspecified atom stereocenters. The summed E-state index contributed by atoms with van der Waals surface area (Å²) in [5.41, 5.74) is 8.85. The van der Waals surface area contributed by atoms with Crippen LogP contribution in [0.3, 0.4) is 0 Å². The van der Waals surface area contributed by atoms with E-state index >= 15 is 0 Å². The third-order valence-electron chi connectivity index (χ3n) is 14.9. The first-order valence-electron chi connectivity index (χ1n) is 22.4. The molecule has 4 aliphatic carbocycles. The molecule has 0 aliphatic heterocycles. The Kier molecular flexibility index (Phi) is 18.0. The van der Waals surface area contributed by atoms with Gasteiger partial charge in [-0.05, 0) is 104 Å². The van der Waals surface area contributed by atoms with Crippen molar-refractivity contribution in [2.45, 2.75) is 214 Å². The molecule has 3 heteroatoms. The van der Waals surface area contributed by atoms with Crippen LogP contribution in [0.15, 0.2) is 11.6 Å². The van der Waals surface area contributed by atoms with Crippen molar-refractivity contribution in [2.24, 2.45) is 52.1 Å². The maximum absolute atomic E-state index is 6.57. The summed E-state index contributed by atoms with van der Waals surface area (Å²) in [7, 11) is 0. The largest absolute Gasteiger partial charge is 0.375 e. The highest BCUT2D eigenvalue weighted by Crippen LogP contribution is 2.67.